The summed E-state index contributed by atoms with van der Waals surface area (Å²) in [5.74, 6) is 0. The number of anilines is 2. The van der Waals surface area contributed by atoms with Crippen molar-refractivity contribution >= 4 is 45.2 Å². The number of nitrogens with one attached hydrogen (secondary N) is 2. The molecule has 0 saturated carbocycles. The van der Waals surface area contributed by atoms with Crippen LogP contribution in [0.5, 0.6) is 0 Å². The highest BCUT2D eigenvalue weighted by molar-refractivity contribution is 8.15. The lowest BCUT2D eigenvalue weighted by Gasteiger charge is -2.09. The molecule has 2 aliphatic heterocycles. The van der Waals surface area contributed by atoms with Gasteiger partial charge in [0.1, 0.15) is 0 Å². The zero-order chi connectivity index (χ0) is 13.9. The minimum absolute atomic E-state index is 0.581. The molecule has 6 heteroatoms. The summed E-state index contributed by atoms with van der Waals surface area (Å²) >= 11 is 3.58. The van der Waals surface area contributed by atoms with Gasteiger partial charge in [0.15, 0.2) is 10.3 Å². The van der Waals surface area contributed by atoms with Gasteiger partial charge in [-0.25, -0.2) is 0 Å². The van der Waals surface area contributed by atoms with Crippen LogP contribution in [0.2, 0.25) is 0 Å². The van der Waals surface area contributed by atoms with Crippen molar-refractivity contribution in [3.8, 4) is 0 Å². The third-order valence-corrected chi connectivity index (χ3v) is 5.01. The van der Waals surface area contributed by atoms with Gasteiger partial charge in [-0.2, -0.15) is 0 Å². The van der Waals surface area contributed by atoms with Gasteiger partial charge in [0, 0.05) is 21.9 Å². The van der Waals surface area contributed by atoms with Gasteiger partial charge in [0.2, 0.25) is 0 Å². The summed E-state index contributed by atoms with van der Waals surface area (Å²) in [6, 6.07) is 8.27. The number of benzene rings is 1. The number of thioether (sulfide) groups is 2. The Morgan fingerprint density at radius 3 is 1.55 bits per heavy atom. The number of hydrogen-bond acceptors (Lipinski definition) is 6. The van der Waals surface area contributed by atoms with E-state index in [1.807, 2.05) is 0 Å². The van der Waals surface area contributed by atoms with Crippen molar-refractivity contribution in [1.29, 1.82) is 0 Å². The first-order valence-electron chi connectivity index (χ1n) is 6.75. The first-order valence-corrected chi connectivity index (χ1v) is 8.51. The van der Waals surface area contributed by atoms with Gasteiger partial charge in [-0.05, 0) is 24.3 Å². The fourth-order valence-electron chi connectivity index (χ4n) is 1.97. The largest absolute Gasteiger partial charge is 0.335 e. The summed E-state index contributed by atoms with van der Waals surface area (Å²) in [7, 11) is 0. The van der Waals surface area contributed by atoms with Crippen LogP contribution >= 0.6 is 23.5 Å². The standard InChI is InChI=1S/C14H18N4S2/c1-9-7-15-13(19-9)17-11-3-5-12(6-4-11)18-14-16-8-10(2)20-14/h3-6,9-10H,7-8H2,1-2H3,(H,15,17)(H,16,18). The number of rotatable bonds is 2. The molecule has 2 N–H and O–H groups in total. The quantitative estimate of drug-likeness (QED) is 0.878. The third kappa shape index (κ3) is 3.49. The van der Waals surface area contributed by atoms with E-state index in [9.17, 15) is 0 Å². The van der Waals surface area contributed by atoms with Crippen molar-refractivity contribution < 1.29 is 0 Å². The van der Waals surface area contributed by atoms with Crippen molar-refractivity contribution in [3.05, 3.63) is 24.3 Å². The fraction of sp³-hybridized carbons (Fsp3) is 0.429. The fourth-order valence-corrected chi connectivity index (χ4v) is 3.69. The lowest BCUT2D eigenvalue weighted by atomic mass is 10.3. The lowest BCUT2D eigenvalue weighted by molar-refractivity contribution is 0.976. The van der Waals surface area contributed by atoms with E-state index in [0.29, 0.717) is 10.5 Å². The van der Waals surface area contributed by atoms with E-state index < -0.39 is 0 Å². The second kappa shape index (κ2) is 6.10. The maximum Gasteiger partial charge on any atom is 0.161 e. The number of amidine groups is 2. The Bertz CT molecular complexity index is 490. The Morgan fingerprint density at radius 1 is 0.850 bits per heavy atom. The van der Waals surface area contributed by atoms with Crippen molar-refractivity contribution in [1.82, 2.24) is 0 Å². The van der Waals surface area contributed by atoms with Crippen LogP contribution in [0.25, 0.3) is 0 Å². The summed E-state index contributed by atoms with van der Waals surface area (Å²) in [6.07, 6.45) is 0. The lowest BCUT2D eigenvalue weighted by Crippen LogP contribution is -2.07. The minimum atomic E-state index is 0.581. The predicted octanol–water partition coefficient (Wildman–Crippen LogP) is 3.49. The number of nitrogens with zero attached hydrogens (tertiary/aromatic N) is 2. The molecule has 2 aliphatic rings. The van der Waals surface area contributed by atoms with Crippen LogP contribution in [-0.2, 0) is 0 Å². The van der Waals surface area contributed by atoms with Crippen LogP contribution in [0.4, 0.5) is 11.4 Å². The van der Waals surface area contributed by atoms with Crippen molar-refractivity contribution in [2.24, 2.45) is 9.98 Å². The molecular weight excluding hydrogens is 288 g/mol. The van der Waals surface area contributed by atoms with Gasteiger partial charge in [-0.3, -0.25) is 9.98 Å². The van der Waals surface area contributed by atoms with Gasteiger partial charge in [0.05, 0.1) is 13.1 Å². The minimum Gasteiger partial charge on any atom is -0.335 e. The van der Waals surface area contributed by atoms with E-state index in [1.165, 1.54) is 0 Å². The Morgan fingerprint density at radius 2 is 1.25 bits per heavy atom. The topological polar surface area (TPSA) is 48.8 Å². The second-order valence-electron chi connectivity index (χ2n) is 4.98. The highest BCUT2D eigenvalue weighted by Gasteiger charge is 2.16. The average Bonchev–Trinajstić information content (AvgIpc) is 3.01. The van der Waals surface area contributed by atoms with Gasteiger partial charge < -0.3 is 10.6 Å². The molecule has 3 rings (SSSR count). The molecule has 1 aromatic rings. The van der Waals surface area contributed by atoms with Gasteiger partial charge in [-0.1, -0.05) is 37.4 Å². The first kappa shape index (κ1) is 13.8. The highest BCUT2D eigenvalue weighted by Crippen LogP contribution is 2.24. The maximum atomic E-state index is 4.46. The molecule has 4 nitrogen and oxygen atoms in total. The van der Waals surface area contributed by atoms with Gasteiger partial charge in [0.25, 0.3) is 0 Å². The molecule has 0 saturated heterocycles. The van der Waals surface area contributed by atoms with E-state index >= 15 is 0 Å². The summed E-state index contributed by atoms with van der Waals surface area (Å²) in [4.78, 5) is 8.91. The molecule has 1 aromatic carbocycles. The normalized spacial score (nSPS) is 25.3. The number of hydrogen-bond donors (Lipinski definition) is 2. The highest BCUT2D eigenvalue weighted by atomic mass is 32.2. The molecule has 0 bridgehead atoms. The monoisotopic (exact) mass is 306 g/mol. The molecular formula is C14H18N4S2. The zero-order valence-electron chi connectivity index (χ0n) is 11.6. The summed E-state index contributed by atoms with van der Waals surface area (Å²) < 4.78 is 0. The van der Waals surface area contributed by atoms with Crippen molar-refractivity contribution in [3.63, 3.8) is 0 Å². The SMILES string of the molecule is CC1CN=C(Nc2ccc(NC3=NCC(C)S3)cc2)S1. The molecule has 0 aromatic heterocycles. The molecule has 0 radical (unpaired) electrons. The van der Waals surface area contributed by atoms with Crippen LogP contribution in [0.3, 0.4) is 0 Å². The van der Waals surface area contributed by atoms with Crippen LogP contribution in [-0.4, -0.2) is 33.9 Å². The molecule has 0 amide bonds. The average molecular weight is 306 g/mol. The molecule has 2 heterocycles. The van der Waals surface area contributed by atoms with E-state index in [0.717, 1.165) is 34.8 Å². The van der Waals surface area contributed by atoms with Gasteiger partial charge in [-0.15, -0.1) is 0 Å². The summed E-state index contributed by atoms with van der Waals surface area (Å²) in [5, 5.41) is 9.89. The number of aliphatic imine (C=N–C) groups is 2. The van der Waals surface area contributed by atoms with E-state index in [-0.39, 0.29) is 0 Å². The molecule has 20 heavy (non-hydrogen) atoms. The van der Waals surface area contributed by atoms with E-state index in [2.05, 4.69) is 58.7 Å². The van der Waals surface area contributed by atoms with Crippen molar-refractivity contribution in [2.45, 2.75) is 24.3 Å². The smallest absolute Gasteiger partial charge is 0.161 e. The Kier molecular flexibility index (Phi) is 4.21. The Hall–Kier alpha value is -1.14. The molecule has 106 valence electrons. The Balaban J connectivity index is 1.57. The van der Waals surface area contributed by atoms with E-state index in [1.54, 1.807) is 23.5 Å². The molecule has 0 aliphatic carbocycles. The molecule has 2 atom stereocenters. The maximum absolute atomic E-state index is 4.46. The molecule has 0 fully saturated rings. The second-order valence-corrected chi connectivity index (χ2v) is 7.83. The first-order chi connectivity index (χ1) is 9.69. The predicted molar refractivity (Wildman–Crippen MR) is 92.4 cm³/mol. The summed E-state index contributed by atoms with van der Waals surface area (Å²) in [6.45, 7) is 6.19. The van der Waals surface area contributed by atoms with Crippen LogP contribution in [0.1, 0.15) is 13.8 Å². The Labute approximate surface area is 127 Å². The molecule has 2 unspecified atom stereocenters. The summed E-state index contributed by atoms with van der Waals surface area (Å²) in [5.41, 5.74) is 2.15. The van der Waals surface area contributed by atoms with Crippen LogP contribution in [0, 0.1) is 0 Å². The van der Waals surface area contributed by atoms with Crippen LogP contribution < -0.4 is 10.6 Å². The van der Waals surface area contributed by atoms with E-state index in [4.69, 9.17) is 0 Å². The third-order valence-electron chi connectivity index (χ3n) is 3.00. The van der Waals surface area contributed by atoms with Crippen LogP contribution in [0.15, 0.2) is 34.3 Å². The van der Waals surface area contributed by atoms with Gasteiger partial charge >= 0.3 is 0 Å². The zero-order valence-corrected chi connectivity index (χ0v) is 13.2. The molecule has 0 spiro atoms. The van der Waals surface area contributed by atoms with Crippen molar-refractivity contribution in [2.75, 3.05) is 23.7 Å².